The number of anilines is 1. The number of benzene rings is 1. The SMILES string of the molecule is COc1ccc(C(=O)Nc2cccc(C3SCCCS3)c2)cn1. The Morgan fingerprint density at radius 3 is 2.78 bits per heavy atom. The van der Waals surface area contributed by atoms with E-state index >= 15 is 0 Å². The van der Waals surface area contributed by atoms with Crippen molar-refractivity contribution in [3.63, 3.8) is 0 Å². The average Bonchev–Trinajstić information content (AvgIpc) is 2.63. The molecule has 0 atom stereocenters. The first-order chi connectivity index (χ1) is 11.3. The van der Waals surface area contributed by atoms with Gasteiger partial charge in [-0.2, -0.15) is 0 Å². The molecule has 0 aliphatic carbocycles. The lowest BCUT2D eigenvalue weighted by molar-refractivity contribution is 0.102. The zero-order valence-electron chi connectivity index (χ0n) is 12.8. The van der Waals surface area contributed by atoms with Crippen LogP contribution in [-0.4, -0.2) is 29.5 Å². The highest BCUT2D eigenvalue weighted by molar-refractivity contribution is 8.16. The summed E-state index contributed by atoms with van der Waals surface area (Å²) >= 11 is 3.94. The van der Waals surface area contributed by atoms with Gasteiger partial charge in [0.1, 0.15) is 0 Å². The molecule has 1 amide bonds. The molecular formula is C17H18N2O2S2. The van der Waals surface area contributed by atoms with E-state index in [0.717, 1.165) is 5.69 Å². The Balaban J connectivity index is 1.70. The van der Waals surface area contributed by atoms with E-state index in [1.807, 2.05) is 35.7 Å². The number of hydrogen-bond donors (Lipinski definition) is 1. The zero-order valence-corrected chi connectivity index (χ0v) is 14.5. The lowest BCUT2D eigenvalue weighted by Crippen LogP contribution is -2.12. The summed E-state index contributed by atoms with van der Waals surface area (Å²) in [4.78, 5) is 16.4. The summed E-state index contributed by atoms with van der Waals surface area (Å²) in [6, 6.07) is 11.5. The number of nitrogens with one attached hydrogen (secondary N) is 1. The maximum Gasteiger partial charge on any atom is 0.257 e. The van der Waals surface area contributed by atoms with Crippen LogP contribution in [0.4, 0.5) is 5.69 Å². The molecule has 4 nitrogen and oxygen atoms in total. The first-order valence-corrected chi connectivity index (χ1v) is 9.50. The van der Waals surface area contributed by atoms with Crippen LogP contribution in [0.5, 0.6) is 5.88 Å². The Kier molecular flexibility index (Phi) is 5.46. The van der Waals surface area contributed by atoms with Gasteiger partial charge in [0.05, 0.1) is 17.3 Å². The van der Waals surface area contributed by atoms with Gasteiger partial charge in [-0.15, -0.1) is 23.5 Å². The van der Waals surface area contributed by atoms with Crippen molar-refractivity contribution in [2.75, 3.05) is 23.9 Å². The van der Waals surface area contributed by atoms with Crippen molar-refractivity contribution >= 4 is 35.1 Å². The highest BCUT2D eigenvalue weighted by atomic mass is 32.2. The second-order valence-electron chi connectivity index (χ2n) is 5.10. The van der Waals surface area contributed by atoms with E-state index in [2.05, 4.69) is 22.4 Å². The van der Waals surface area contributed by atoms with E-state index in [1.165, 1.54) is 29.7 Å². The smallest absolute Gasteiger partial charge is 0.257 e. The van der Waals surface area contributed by atoms with Gasteiger partial charge in [-0.05, 0) is 41.7 Å². The molecule has 1 aromatic carbocycles. The van der Waals surface area contributed by atoms with Crippen molar-refractivity contribution < 1.29 is 9.53 Å². The Bertz CT molecular complexity index is 671. The normalized spacial score (nSPS) is 15.2. The van der Waals surface area contributed by atoms with Crippen LogP contribution in [0.1, 0.15) is 26.9 Å². The van der Waals surface area contributed by atoms with Crippen LogP contribution in [0.15, 0.2) is 42.6 Å². The number of amides is 1. The standard InChI is InChI=1S/C17H18N2O2S2/c1-21-15-7-6-13(11-18-15)16(20)19-14-5-2-4-12(10-14)17-22-8-3-9-23-17/h2,4-7,10-11,17H,3,8-9H2,1H3,(H,19,20). The minimum absolute atomic E-state index is 0.166. The maximum absolute atomic E-state index is 12.3. The predicted octanol–water partition coefficient (Wildman–Crippen LogP) is 4.21. The highest BCUT2D eigenvalue weighted by Gasteiger charge is 2.17. The third-order valence-electron chi connectivity index (χ3n) is 3.45. The van der Waals surface area contributed by atoms with Crippen molar-refractivity contribution in [3.05, 3.63) is 53.7 Å². The van der Waals surface area contributed by atoms with Gasteiger partial charge in [0.2, 0.25) is 5.88 Å². The molecule has 0 bridgehead atoms. The molecule has 23 heavy (non-hydrogen) atoms. The van der Waals surface area contributed by atoms with Crippen LogP contribution < -0.4 is 10.1 Å². The van der Waals surface area contributed by atoms with Gasteiger partial charge in [-0.1, -0.05) is 12.1 Å². The molecular weight excluding hydrogens is 328 g/mol. The fourth-order valence-electron chi connectivity index (χ4n) is 2.28. The molecule has 1 aliphatic rings. The van der Waals surface area contributed by atoms with Gasteiger partial charge >= 0.3 is 0 Å². The minimum Gasteiger partial charge on any atom is -0.481 e. The molecule has 1 aliphatic heterocycles. The Morgan fingerprint density at radius 1 is 1.26 bits per heavy atom. The fraction of sp³-hybridized carbons (Fsp3) is 0.294. The number of thioether (sulfide) groups is 2. The predicted molar refractivity (Wildman–Crippen MR) is 97.5 cm³/mol. The average molecular weight is 346 g/mol. The number of carbonyl (C=O) groups excluding carboxylic acids is 1. The van der Waals surface area contributed by atoms with Crippen LogP contribution in [0.25, 0.3) is 0 Å². The number of pyridine rings is 1. The first kappa shape index (κ1) is 16.2. The second-order valence-corrected chi connectivity index (χ2v) is 7.82. The highest BCUT2D eigenvalue weighted by Crippen LogP contribution is 2.44. The summed E-state index contributed by atoms with van der Waals surface area (Å²) in [5.74, 6) is 2.73. The van der Waals surface area contributed by atoms with Crippen LogP contribution in [0.3, 0.4) is 0 Å². The van der Waals surface area contributed by atoms with Crippen molar-refractivity contribution in [1.82, 2.24) is 4.98 Å². The third kappa shape index (κ3) is 4.20. The molecule has 1 aromatic heterocycles. The monoisotopic (exact) mass is 346 g/mol. The molecule has 0 unspecified atom stereocenters. The van der Waals surface area contributed by atoms with Crippen molar-refractivity contribution in [1.29, 1.82) is 0 Å². The Labute approximate surface area is 144 Å². The molecule has 1 saturated heterocycles. The molecule has 2 heterocycles. The largest absolute Gasteiger partial charge is 0.481 e. The van der Waals surface area contributed by atoms with Crippen LogP contribution >= 0.6 is 23.5 Å². The molecule has 1 fully saturated rings. The number of rotatable bonds is 4. The van der Waals surface area contributed by atoms with E-state index in [9.17, 15) is 4.79 Å². The molecule has 0 radical (unpaired) electrons. The third-order valence-corrected chi connectivity index (χ3v) is 6.47. The van der Waals surface area contributed by atoms with Crippen molar-refractivity contribution in [3.8, 4) is 5.88 Å². The van der Waals surface area contributed by atoms with Gasteiger partial charge < -0.3 is 10.1 Å². The number of nitrogens with zero attached hydrogens (tertiary/aromatic N) is 1. The molecule has 120 valence electrons. The van der Waals surface area contributed by atoms with Crippen molar-refractivity contribution in [2.45, 2.75) is 11.0 Å². The van der Waals surface area contributed by atoms with E-state index in [0.29, 0.717) is 16.0 Å². The quantitative estimate of drug-likeness (QED) is 0.899. The van der Waals surface area contributed by atoms with E-state index < -0.39 is 0 Å². The number of carbonyl (C=O) groups is 1. The summed E-state index contributed by atoms with van der Waals surface area (Å²) in [7, 11) is 1.55. The zero-order chi connectivity index (χ0) is 16.1. The molecule has 3 rings (SSSR count). The van der Waals surface area contributed by atoms with Gasteiger partial charge in [0, 0.05) is 18.0 Å². The summed E-state index contributed by atoms with van der Waals surface area (Å²) < 4.78 is 5.46. The fourth-order valence-corrected chi connectivity index (χ4v) is 5.16. The van der Waals surface area contributed by atoms with Gasteiger partial charge in [-0.3, -0.25) is 4.79 Å². The van der Waals surface area contributed by atoms with Crippen LogP contribution in [0.2, 0.25) is 0 Å². The number of hydrogen-bond acceptors (Lipinski definition) is 5. The molecule has 0 spiro atoms. The molecule has 2 aromatic rings. The minimum atomic E-state index is -0.166. The lowest BCUT2D eigenvalue weighted by atomic mass is 10.2. The van der Waals surface area contributed by atoms with Gasteiger partial charge in [-0.25, -0.2) is 4.98 Å². The first-order valence-electron chi connectivity index (χ1n) is 7.41. The Hall–Kier alpha value is -1.66. The number of ether oxygens (including phenoxy) is 1. The van der Waals surface area contributed by atoms with Crippen LogP contribution in [0, 0.1) is 0 Å². The molecule has 0 saturated carbocycles. The molecule has 6 heteroatoms. The Morgan fingerprint density at radius 2 is 2.09 bits per heavy atom. The number of aromatic nitrogens is 1. The van der Waals surface area contributed by atoms with E-state index in [1.54, 1.807) is 19.2 Å². The summed E-state index contributed by atoms with van der Waals surface area (Å²) in [6.45, 7) is 0. The van der Waals surface area contributed by atoms with Crippen LogP contribution in [-0.2, 0) is 0 Å². The van der Waals surface area contributed by atoms with E-state index in [-0.39, 0.29) is 5.91 Å². The summed E-state index contributed by atoms with van der Waals surface area (Å²) in [5, 5.41) is 2.94. The number of methoxy groups -OCH3 is 1. The summed E-state index contributed by atoms with van der Waals surface area (Å²) in [5.41, 5.74) is 2.58. The molecule has 1 N–H and O–H groups in total. The van der Waals surface area contributed by atoms with Crippen molar-refractivity contribution in [2.24, 2.45) is 0 Å². The van der Waals surface area contributed by atoms with Gasteiger partial charge in [0.25, 0.3) is 5.91 Å². The topological polar surface area (TPSA) is 51.2 Å². The lowest BCUT2D eigenvalue weighted by Gasteiger charge is -2.21. The summed E-state index contributed by atoms with van der Waals surface area (Å²) in [6.07, 6.45) is 2.79. The van der Waals surface area contributed by atoms with E-state index in [4.69, 9.17) is 4.74 Å². The maximum atomic E-state index is 12.3. The van der Waals surface area contributed by atoms with Gasteiger partial charge in [0.15, 0.2) is 0 Å². The second kappa shape index (κ2) is 7.75.